The molecule has 0 saturated carbocycles. The van der Waals surface area contributed by atoms with E-state index < -0.39 is 6.10 Å². The van der Waals surface area contributed by atoms with Crippen LogP contribution in [-0.2, 0) is 4.79 Å². The van der Waals surface area contributed by atoms with E-state index in [2.05, 4.69) is 10.3 Å². The normalized spacial score (nSPS) is 12.1. The Kier molecular flexibility index (Phi) is 3.85. The van der Waals surface area contributed by atoms with Crippen LogP contribution in [0.2, 0.25) is 0 Å². The summed E-state index contributed by atoms with van der Waals surface area (Å²) < 4.78 is 5.69. The molecule has 0 bridgehead atoms. The zero-order valence-electron chi connectivity index (χ0n) is 11.0. The van der Waals surface area contributed by atoms with Crippen molar-refractivity contribution in [3.05, 3.63) is 30.5 Å². The molecule has 5 nitrogen and oxygen atoms in total. The van der Waals surface area contributed by atoms with E-state index in [0.29, 0.717) is 23.5 Å². The monoisotopic (exact) mass is 259 g/mol. The highest BCUT2D eigenvalue weighted by Gasteiger charge is 2.15. The molecular formula is C14H17N3O2. The fourth-order valence-corrected chi connectivity index (χ4v) is 1.83. The van der Waals surface area contributed by atoms with Crippen molar-refractivity contribution in [1.29, 1.82) is 0 Å². The molecule has 0 fully saturated rings. The Bertz CT molecular complexity index is 598. The first-order chi connectivity index (χ1) is 9.13. The van der Waals surface area contributed by atoms with Crippen molar-refractivity contribution in [2.75, 3.05) is 12.3 Å². The van der Waals surface area contributed by atoms with E-state index in [1.165, 1.54) is 0 Å². The van der Waals surface area contributed by atoms with Crippen LogP contribution in [0.4, 0.5) is 5.69 Å². The summed E-state index contributed by atoms with van der Waals surface area (Å²) in [6.07, 6.45) is 1.11. The van der Waals surface area contributed by atoms with Gasteiger partial charge in [-0.25, -0.2) is 0 Å². The molecule has 0 aliphatic carbocycles. The third kappa shape index (κ3) is 2.76. The lowest BCUT2D eigenvalue weighted by atomic mass is 10.1. The van der Waals surface area contributed by atoms with Crippen LogP contribution in [0.3, 0.4) is 0 Å². The highest BCUT2D eigenvalue weighted by molar-refractivity contribution is 5.94. The number of carbonyl (C=O) groups excluding carboxylic acids is 1. The molecule has 0 saturated heterocycles. The molecule has 1 atom stereocenters. The molecule has 0 radical (unpaired) electrons. The van der Waals surface area contributed by atoms with Crippen molar-refractivity contribution in [2.24, 2.45) is 0 Å². The minimum absolute atomic E-state index is 0.142. The average Bonchev–Trinajstić information content (AvgIpc) is 2.42. The summed E-state index contributed by atoms with van der Waals surface area (Å²) in [5.41, 5.74) is 7.14. The molecule has 1 aromatic carbocycles. The highest BCUT2D eigenvalue weighted by atomic mass is 16.5. The standard InChI is InChI=1S/C14H17N3O2/c1-3-16-14(18)9(2)19-12-7-6-11(15)13-10(12)5-4-8-17-13/h4-9H,3,15H2,1-2H3,(H,16,18). The number of rotatable bonds is 4. The number of hydrogen-bond donors (Lipinski definition) is 2. The number of benzene rings is 1. The Morgan fingerprint density at radius 3 is 3.00 bits per heavy atom. The first-order valence-corrected chi connectivity index (χ1v) is 6.21. The van der Waals surface area contributed by atoms with Gasteiger partial charge in [0.1, 0.15) is 5.75 Å². The van der Waals surface area contributed by atoms with E-state index in [0.717, 1.165) is 5.39 Å². The molecule has 100 valence electrons. The summed E-state index contributed by atoms with van der Waals surface area (Å²) in [5.74, 6) is 0.465. The summed E-state index contributed by atoms with van der Waals surface area (Å²) in [5, 5.41) is 3.53. The molecule has 0 spiro atoms. The first kappa shape index (κ1) is 13.1. The quantitative estimate of drug-likeness (QED) is 0.820. The number of nitrogens with two attached hydrogens (primary N) is 1. The number of nitrogens with zero attached hydrogens (tertiary/aromatic N) is 1. The molecule has 2 aromatic rings. The highest BCUT2D eigenvalue weighted by Crippen LogP contribution is 2.28. The van der Waals surface area contributed by atoms with Gasteiger partial charge in [0.25, 0.3) is 5.91 Å². The predicted molar refractivity (Wildman–Crippen MR) is 74.9 cm³/mol. The molecule has 2 rings (SSSR count). The number of nitrogens with one attached hydrogen (secondary N) is 1. The van der Waals surface area contributed by atoms with Gasteiger partial charge in [0.05, 0.1) is 11.2 Å². The molecule has 1 unspecified atom stereocenters. The number of carbonyl (C=O) groups is 1. The predicted octanol–water partition coefficient (Wildman–Crippen LogP) is 1.72. The van der Waals surface area contributed by atoms with Gasteiger partial charge >= 0.3 is 0 Å². The van der Waals surface area contributed by atoms with Gasteiger partial charge in [0.2, 0.25) is 0 Å². The largest absolute Gasteiger partial charge is 0.480 e. The zero-order valence-corrected chi connectivity index (χ0v) is 11.0. The van der Waals surface area contributed by atoms with Crippen LogP contribution in [0, 0.1) is 0 Å². The van der Waals surface area contributed by atoms with Crippen molar-refractivity contribution < 1.29 is 9.53 Å². The summed E-state index contributed by atoms with van der Waals surface area (Å²) in [4.78, 5) is 15.9. The Balaban J connectivity index is 2.31. The van der Waals surface area contributed by atoms with Crippen molar-refractivity contribution in [3.63, 3.8) is 0 Å². The van der Waals surface area contributed by atoms with Gasteiger partial charge in [-0.15, -0.1) is 0 Å². The lowest BCUT2D eigenvalue weighted by Crippen LogP contribution is -2.36. The lowest BCUT2D eigenvalue weighted by Gasteiger charge is -2.16. The number of ether oxygens (including phenoxy) is 1. The van der Waals surface area contributed by atoms with Gasteiger partial charge in [-0.1, -0.05) is 0 Å². The van der Waals surface area contributed by atoms with E-state index in [4.69, 9.17) is 10.5 Å². The molecule has 0 aliphatic rings. The maximum absolute atomic E-state index is 11.7. The Hall–Kier alpha value is -2.30. The zero-order chi connectivity index (χ0) is 13.8. The Morgan fingerprint density at radius 2 is 2.26 bits per heavy atom. The topological polar surface area (TPSA) is 77.2 Å². The van der Waals surface area contributed by atoms with Crippen LogP contribution >= 0.6 is 0 Å². The van der Waals surface area contributed by atoms with Crippen LogP contribution in [-0.4, -0.2) is 23.5 Å². The summed E-state index contributed by atoms with van der Waals surface area (Å²) in [7, 11) is 0. The third-order valence-electron chi connectivity index (χ3n) is 2.78. The Morgan fingerprint density at radius 1 is 1.47 bits per heavy atom. The van der Waals surface area contributed by atoms with E-state index in [9.17, 15) is 4.79 Å². The van der Waals surface area contributed by atoms with Crippen LogP contribution in [0.15, 0.2) is 30.5 Å². The Labute approximate surface area is 111 Å². The van der Waals surface area contributed by atoms with Gasteiger partial charge in [-0.2, -0.15) is 0 Å². The second-order valence-electron chi connectivity index (χ2n) is 4.21. The van der Waals surface area contributed by atoms with Crippen LogP contribution < -0.4 is 15.8 Å². The summed E-state index contributed by atoms with van der Waals surface area (Å²) >= 11 is 0. The fourth-order valence-electron chi connectivity index (χ4n) is 1.83. The van der Waals surface area contributed by atoms with E-state index >= 15 is 0 Å². The molecule has 1 amide bonds. The number of pyridine rings is 1. The van der Waals surface area contributed by atoms with Gasteiger partial charge in [-0.3, -0.25) is 9.78 Å². The minimum Gasteiger partial charge on any atom is -0.480 e. The van der Waals surface area contributed by atoms with E-state index in [-0.39, 0.29) is 5.91 Å². The van der Waals surface area contributed by atoms with Gasteiger partial charge in [0.15, 0.2) is 6.10 Å². The summed E-state index contributed by atoms with van der Waals surface area (Å²) in [6.45, 7) is 4.16. The molecule has 5 heteroatoms. The minimum atomic E-state index is -0.563. The third-order valence-corrected chi connectivity index (χ3v) is 2.78. The van der Waals surface area contributed by atoms with Crippen LogP contribution in [0.5, 0.6) is 5.75 Å². The van der Waals surface area contributed by atoms with Crippen LogP contribution in [0.1, 0.15) is 13.8 Å². The number of amides is 1. The molecule has 1 aromatic heterocycles. The SMILES string of the molecule is CCNC(=O)C(C)Oc1ccc(N)c2ncccc12. The van der Waals surface area contributed by atoms with Crippen LogP contribution in [0.25, 0.3) is 10.9 Å². The number of anilines is 1. The lowest BCUT2D eigenvalue weighted by molar-refractivity contribution is -0.127. The molecule has 3 N–H and O–H groups in total. The fraction of sp³-hybridized carbons (Fsp3) is 0.286. The second-order valence-corrected chi connectivity index (χ2v) is 4.21. The number of nitrogen functional groups attached to an aromatic ring is 1. The average molecular weight is 259 g/mol. The molecule has 1 heterocycles. The number of likely N-dealkylation sites (N-methyl/N-ethyl adjacent to an activating group) is 1. The van der Waals surface area contributed by atoms with Crippen molar-refractivity contribution >= 4 is 22.5 Å². The van der Waals surface area contributed by atoms with Gasteiger partial charge in [0, 0.05) is 18.1 Å². The summed E-state index contributed by atoms with van der Waals surface area (Å²) in [6, 6.07) is 7.17. The number of hydrogen-bond acceptors (Lipinski definition) is 4. The maximum Gasteiger partial charge on any atom is 0.260 e. The van der Waals surface area contributed by atoms with Gasteiger partial charge in [-0.05, 0) is 38.1 Å². The molecule has 19 heavy (non-hydrogen) atoms. The molecular weight excluding hydrogens is 242 g/mol. The molecule has 0 aliphatic heterocycles. The number of fused-ring (bicyclic) bond motifs is 1. The van der Waals surface area contributed by atoms with Crippen molar-refractivity contribution in [3.8, 4) is 5.75 Å². The second kappa shape index (κ2) is 5.56. The van der Waals surface area contributed by atoms with E-state index in [1.807, 2.05) is 19.1 Å². The number of aromatic nitrogens is 1. The maximum atomic E-state index is 11.7. The van der Waals surface area contributed by atoms with Gasteiger partial charge < -0.3 is 15.8 Å². The van der Waals surface area contributed by atoms with Crippen molar-refractivity contribution in [2.45, 2.75) is 20.0 Å². The van der Waals surface area contributed by atoms with Crippen molar-refractivity contribution in [1.82, 2.24) is 10.3 Å². The first-order valence-electron chi connectivity index (χ1n) is 6.21. The van der Waals surface area contributed by atoms with E-state index in [1.54, 1.807) is 25.3 Å². The smallest absolute Gasteiger partial charge is 0.260 e.